The lowest BCUT2D eigenvalue weighted by atomic mass is 10.1. The van der Waals surface area contributed by atoms with Gasteiger partial charge in [-0.05, 0) is 54.8 Å². The minimum atomic E-state index is -5.53. The van der Waals surface area contributed by atoms with Gasteiger partial charge in [-0.15, -0.1) is 0 Å². The van der Waals surface area contributed by atoms with E-state index in [0.29, 0.717) is 12.8 Å². The van der Waals surface area contributed by atoms with E-state index in [1.54, 1.807) is 12.3 Å². The van der Waals surface area contributed by atoms with E-state index in [1.807, 2.05) is 24.3 Å². The molecule has 0 atom stereocenters. The van der Waals surface area contributed by atoms with Crippen LogP contribution in [-0.2, 0) is 21.2 Å². The number of benzene rings is 2. The smallest absolute Gasteiger partial charge is 0.305 e. The van der Waals surface area contributed by atoms with E-state index >= 15 is 0 Å². The summed E-state index contributed by atoms with van der Waals surface area (Å²) in [6.45, 7) is 0.157. The second-order valence-corrected chi connectivity index (χ2v) is 9.91. The number of pyridine rings is 1. The van der Waals surface area contributed by atoms with Crippen molar-refractivity contribution in [2.45, 2.75) is 35.3 Å². The maximum Gasteiger partial charge on any atom is 0.501 e. The monoisotopic (exact) mass is 475 g/mol. The van der Waals surface area contributed by atoms with Gasteiger partial charge in [0, 0.05) is 18.1 Å². The highest BCUT2D eigenvalue weighted by Crippen LogP contribution is 2.50. The van der Waals surface area contributed by atoms with Crippen LogP contribution in [0.1, 0.15) is 18.4 Å². The molecule has 0 bridgehead atoms. The van der Waals surface area contributed by atoms with Crippen LogP contribution in [0.3, 0.4) is 0 Å². The van der Waals surface area contributed by atoms with Gasteiger partial charge in [-0.25, -0.2) is 18.1 Å². The molecule has 0 unspecified atom stereocenters. The Hall–Kier alpha value is -3.47. The van der Waals surface area contributed by atoms with E-state index in [0.717, 1.165) is 45.6 Å². The fourth-order valence-electron chi connectivity index (χ4n) is 4.13. The molecule has 11 heteroatoms. The average molecular weight is 475 g/mol. The number of fused-ring (bicyclic) bond motifs is 1. The lowest BCUT2D eigenvalue weighted by Gasteiger charge is -2.22. The molecule has 33 heavy (non-hydrogen) atoms. The number of carbonyl (C=O) groups is 2. The Morgan fingerprint density at radius 1 is 0.970 bits per heavy atom. The normalized spacial score (nSPS) is 17.9. The summed E-state index contributed by atoms with van der Waals surface area (Å²) in [6.07, 6.45) is 2.56. The summed E-state index contributed by atoms with van der Waals surface area (Å²) in [4.78, 5) is 32.1. The number of anilines is 1. The fraction of sp³-hybridized carbons (Fsp3) is 0.227. The molecule has 2 fully saturated rings. The molecule has 1 aliphatic heterocycles. The number of para-hydroxylation sites is 1. The summed E-state index contributed by atoms with van der Waals surface area (Å²) in [5.41, 5.74) is -4.88. The molecular weight excluding hydrogens is 459 g/mol. The third-order valence-corrected chi connectivity index (χ3v) is 7.54. The van der Waals surface area contributed by atoms with Gasteiger partial charge >= 0.3 is 11.5 Å². The second-order valence-electron chi connectivity index (χ2n) is 7.97. The zero-order valence-electron chi connectivity index (χ0n) is 16.9. The van der Waals surface area contributed by atoms with Gasteiger partial charge in [-0.3, -0.25) is 9.78 Å². The summed E-state index contributed by atoms with van der Waals surface area (Å²) in [5.74, 6) is -0.475. The third kappa shape index (κ3) is 3.17. The van der Waals surface area contributed by atoms with Crippen LogP contribution in [0.5, 0.6) is 0 Å². The molecule has 2 aliphatic rings. The van der Waals surface area contributed by atoms with Crippen LogP contribution in [0.25, 0.3) is 10.9 Å². The maximum absolute atomic E-state index is 13.3. The van der Waals surface area contributed by atoms with E-state index in [4.69, 9.17) is 0 Å². The highest BCUT2D eigenvalue weighted by atomic mass is 32.2. The Kier molecular flexibility index (Phi) is 4.54. The molecule has 1 aromatic heterocycles. The first-order chi connectivity index (χ1) is 15.6. The lowest BCUT2D eigenvalue weighted by molar-refractivity contribution is -0.120. The summed E-state index contributed by atoms with van der Waals surface area (Å²) in [6, 6.07) is 12.1. The van der Waals surface area contributed by atoms with Crippen LogP contribution >= 0.6 is 0 Å². The molecule has 1 saturated carbocycles. The molecule has 0 radical (unpaired) electrons. The predicted molar refractivity (Wildman–Crippen MR) is 112 cm³/mol. The Bertz CT molecular complexity index is 1400. The minimum absolute atomic E-state index is 0.0134. The summed E-state index contributed by atoms with van der Waals surface area (Å²) < 4.78 is 61.6. The number of sulfone groups is 1. The van der Waals surface area contributed by atoms with Gasteiger partial charge < -0.3 is 4.90 Å². The van der Waals surface area contributed by atoms with Gasteiger partial charge in [0.05, 0.1) is 16.1 Å². The van der Waals surface area contributed by atoms with E-state index < -0.39 is 37.7 Å². The van der Waals surface area contributed by atoms with Gasteiger partial charge in [-0.2, -0.15) is 13.2 Å². The predicted octanol–water partition coefficient (Wildman–Crippen LogP) is 4.03. The van der Waals surface area contributed by atoms with E-state index in [9.17, 15) is 31.2 Å². The van der Waals surface area contributed by atoms with Crippen molar-refractivity contribution in [2.24, 2.45) is 0 Å². The Labute approximate surface area is 186 Å². The number of halogens is 3. The van der Waals surface area contributed by atoms with Crippen LogP contribution in [0.4, 0.5) is 23.7 Å². The number of carbonyl (C=O) groups excluding carboxylic acids is 2. The maximum atomic E-state index is 13.3. The molecule has 1 saturated heterocycles. The molecule has 170 valence electrons. The molecule has 0 N–H and O–H groups in total. The lowest BCUT2D eigenvalue weighted by Crippen LogP contribution is -2.36. The molecule has 5 rings (SSSR count). The molecule has 1 aliphatic carbocycles. The highest BCUT2D eigenvalue weighted by Gasteiger charge is 2.65. The molecule has 3 amide bonds. The van der Waals surface area contributed by atoms with Gasteiger partial charge in [0.15, 0.2) is 0 Å². The fourth-order valence-corrected chi connectivity index (χ4v) is 4.90. The number of aromatic nitrogens is 1. The zero-order valence-corrected chi connectivity index (χ0v) is 17.7. The Morgan fingerprint density at radius 3 is 2.27 bits per heavy atom. The molecule has 7 nitrogen and oxygen atoms in total. The molecule has 1 spiro atoms. The van der Waals surface area contributed by atoms with Gasteiger partial charge in [-0.1, -0.05) is 18.2 Å². The number of alkyl halides is 3. The van der Waals surface area contributed by atoms with Crippen LogP contribution in [0, 0.1) is 0 Å². The van der Waals surface area contributed by atoms with Crippen LogP contribution in [0.2, 0.25) is 0 Å². The number of hydrogen-bond acceptors (Lipinski definition) is 5. The van der Waals surface area contributed by atoms with Crippen molar-refractivity contribution in [1.82, 2.24) is 9.88 Å². The number of rotatable bonds is 4. The number of urea groups is 1. The van der Waals surface area contributed by atoms with Crippen molar-refractivity contribution in [3.63, 3.8) is 0 Å². The van der Waals surface area contributed by atoms with Crippen LogP contribution in [0.15, 0.2) is 65.7 Å². The SMILES string of the molecule is O=C1N(c2ccc(S(=O)(=O)C(F)(F)F)cc2)C(=O)C2(CC2)N1Cc1ccnc2ccccc12. The number of hydrogen-bond donors (Lipinski definition) is 0. The highest BCUT2D eigenvalue weighted by molar-refractivity contribution is 7.92. The number of amides is 3. The first kappa shape index (κ1) is 21.4. The van der Waals surface area contributed by atoms with Crippen molar-refractivity contribution in [3.05, 3.63) is 66.4 Å². The Morgan fingerprint density at radius 2 is 1.64 bits per heavy atom. The third-order valence-electron chi connectivity index (χ3n) is 6.04. The first-order valence-corrected chi connectivity index (χ1v) is 11.4. The molecule has 3 aromatic rings. The van der Waals surface area contributed by atoms with Crippen LogP contribution in [-0.4, -0.2) is 41.3 Å². The summed E-state index contributed by atoms with van der Waals surface area (Å²) >= 11 is 0. The Balaban J connectivity index is 1.48. The van der Waals surface area contributed by atoms with E-state index in [-0.39, 0.29) is 12.2 Å². The topological polar surface area (TPSA) is 87.7 Å². The van der Waals surface area contributed by atoms with Crippen molar-refractivity contribution in [1.29, 1.82) is 0 Å². The van der Waals surface area contributed by atoms with Crippen molar-refractivity contribution >= 4 is 38.4 Å². The van der Waals surface area contributed by atoms with Gasteiger partial charge in [0.1, 0.15) is 5.54 Å². The van der Waals surface area contributed by atoms with Crippen molar-refractivity contribution in [3.8, 4) is 0 Å². The van der Waals surface area contributed by atoms with Gasteiger partial charge in [0.25, 0.3) is 15.7 Å². The molecule has 2 heterocycles. The first-order valence-electron chi connectivity index (χ1n) is 9.96. The minimum Gasteiger partial charge on any atom is -0.305 e. The zero-order chi connectivity index (χ0) is 23.6. The van der Waals surface area contributed by atoms with Crippen molar-refractivity contribution in [2.75, 3.05) is 4.90 Å². The number of nitrogens with zero attached hydrogens (tertiary/aromatic N) is 3. The quantitative estimate of drug-likeness (QED) is 0.532. The van der Waals surface area contributed by atoms with Crippen molar-refractivity contribution < 1.29 is 31.2 Å². The largest absolute Gasteiger partial charge is 0.501 e. The summed E-state index contributed by atoms with van der Waals surface area (Å²) in [5, 5.41) is 0.844. The molecular formula is C22H16F3N3O4S. The van der Waals surface area contributed by atoms with Crippen LogP contribution < -0.4 is 4.90 Å². The summed E-state index contributed by atoms with van der Waals surface area (Å²) in [7, 11) is -5.53. The van der Waals surface area contributed by atoms with E-state index in [1.165, 1.54) is 4.90 Å². The van der Waals surface area contributed by atoms with Gasteiger partial charge in [0.2, 0.25) is 0 Å². The average Bonchev–Trinajstić information content (AvgIpc) is 3.55. The van der Waals surface area contributed by atoms with E-state index in [2.05, 4.69) is 4.98 Å². The molecule has 2 aromatic carbocycles. The standard InChI is InChI=1S/C22H16F3N3O4S/c23-22(24,25)33(31,32)16-7-5-15(6-8-16)28-19(29)21(10-11-21)27(20(28)30)13-14-9-12-26-18-4-2-1-3-17(14)18/h1-9,12H,10-11,13H2. The second kappa shape index (κ2) is 7.01. The number of imide groups is 1.